The van der Waals surface area contributed by atoms with Gasteiger partial charge < -0.3 is 19.2 Å². The van der Waals surface area contributed by atoms with Crippen LogP contribution in [0.1, 0.15) is 42.3 Å². The summed E-state index contributed by atoms with van der Waals surface area (Å²) in [7, 11) is 0. The first-order chi connectivity index (χ1) is 16.7. The Labute approximate surface area is 201 Å². The maximum absolute atomic E-state index is 13.3. The molecule has 2 N–H and O–H groups in total. The van der Waals surface area contributed by atoms with Gasteiger partial charge in [0.2, 0.25) is 5.95 Å². The molecule has 3 heterocycles. The van der Waals surface area contributed by atoms with Crippen LogP contribution in [0.4, 0.5) is 5.95 Å². The molecule has 1 aliphatic rings. The van der Waals surface area contributed by atoms with Crippen molar-refractivity contribution in [3.05, 3.63) is 82.8 Å². The van der Waals surface area contributed by atoms with E-state index in [1.165, 1.54) is 11.2 Å². The number of amides is 1. The molecule has 1 aliphatic heterocycles. The highest BCUT2D eigenvalue weighted by Gasteiger charge is 2.49. The number of aryl methyl sites for hydroxylation is 2. The lowest BCUT2D eigenvalue weighted by Gasteiger charge is -2.20. The van der Waals surface area contributed by atoms with Gasteiger partial charge in [-0.25, -0.2) is 4.98 Å². The van der Waals surface area contributed by atoms with Crippen molar-refractivity contribution in [3.63, 3.8) is 0 Å². The van der Waals surface area contributed by atoms with Crippen LogP contribution in [-0.4, -0.2) is 32.9 Å². The second kappa shape index (κ2) is 8.47. The number of imidazole rings is 1. The van der Waals surface area contributed by atoms with Crippen molar-refractivity contribution in [1.29, 1.82) is 0 Å². The molecule has 2 aromatic heterocycles. The lowest BCUT2D eigenvalue weighted by molar-refractivity contribution is -0.132. The van der Waals surface area contributed by atoms with Crippen LogP contribution in [0.3, 0.4) is 0 Å². The summed E-state index contributed by atoms with van der Waals surface area (Å²) in [5.41, 5.74) is 3.53. The van der Waals surface area contributed by atoms with Crippen molar-refractivity contribution in [3.8, 4) is 5.75 Å². The van der Waals surface area contributed by atoms with Crippen LogP contribution in [0, 0.1) is 13.8 Å². The van der Waals surface area contributed by atoms with Gasteiger partial charge in [-0.15, -0.1) is 0 Å². The Kier molecular flexibility index (Phi) is 5.43. The van der Waals surface area contributed by atoms with Gasteiger partial charge >= 0.3 is 5.91 Å². The molecule has 8 heteroatoms. The average molecular weight is 472 g/mol. The van der Waals surface area contributed by atoms with Crippen molar-refractivity contribution < 1.29 is 23.8 Å². The number of H-pyrrole nitrogens is 1. The minimum atomic E-state index is -0.987. The molecule has 35 heavy (non-hydrogen) atoms. The molecular formula is C27H25N3O5. The molecule has 1 fully saturated rings. The first kappa shape index (κ1) is 22.5. The number of Topliss-reactive ketones (excluding diaryl/α,β-unsaturated/α-hetero) is 1. The number of nitrogens with one attached hydrogen (secondary N) is 1. The van der Waals surface area contributed by atoms with Crippen LogP contribution in [-0.2, 0) is 9.59 Å². The number of furan rings is 1. The molecule has 1 amide bonds. The molecule has 0 radical (unpaired) electrons. The maximum atomic E-state index is 13.3. The van der Waals surface area contributed by atoms with Crippen molar-refractivity contribution in [2.24, 2.45) is 0 Å². The van der Waals surface area contributed by atoms with Gasteiger partial charge in [0.15, 0.2) is 0 Å². The number of anilines is 1. The highest BCUT2D eigenvalue weighted by molar-refractivity contribution is 6.51. The molecule has 8 nitrogen and oxygen atoms in total. The topological polar surface area (TPSA) is 109 Å². The summed E-state index contributed by atoms with van der Waals surface area (Å²) in [6, 6.07) is 13.1. The number of carbonyl (C=O) groups is 2. The van der Waals surface area contributed by atoms with E-state index in [0.717, 1.165) is 16.6 Å². The van der Waals surface area contributed by atoms with Crippen LogP contribution in [0.25, 0.3) is 16.8 Å². The van der Waals surface area contributed by atoms with Crippen LogP contribution in [0.15, 0.2) is 64.8 Å². The summed E-state index contributed by atoms with van der Waals surface area (Å²) >= 11 is 0. The van der Waals surface area contributed by atoms with E-state index in [1.54, 1.807) is 30.3 Å². The highest BCUT2D eigenvalue weighted by Crippen LogP contribution is 2.42. The molecule has 0 aliphatic carbocycles. The number of aromatic amines is 1. The van der Waals surface area contributed by atoms with Crippen molar-refractivity contribution in [2.75, 3.05) is 4.90 Å². The smallest absolute Gasteiger partial charge is 0.302 e. The number of hydrogen-bond donors (Lipinski definition) is 2. The molecule has 1 saturated heterocycles. The fourth-order valence-electron chi connectivity index (χ4n) is 4.33. The number of rotatable bonds is 5. The lowest BCUT2D eigenvalue weighted by Crippen LogP contribution is -2.30. The van der Waals surface area contributed by atoms with E-state index in [-0.39, 0.29) is 23.4 Å². The molecule has 4 aromatic rings. The second-order valence-corrected chi connectivity index (χ2v) is 8.91. The SMILES string of the molecule is Cc1ccc2nc(N3C(=O)C(=O)/C(=C(/O)c4ccc(OC(C)C)c(C)c4)C3c3ccco3)[nH]c2c1. The Morgan fingerprint density at radius 3 is 2.63 bits per heavy atom. The Morgan fingerprint density at radius 1 is 1.14 bits per heavy atom. The molecule has 0 saturated carbocycles. The Morgan fingerprint density at radius 2 is 1.94 bits per heavy atom. The molecular weight excluding hydrogens is 446 g/mol. The standard InChI is InChI=1S/C27H25N3O5/c1-14(2)35-20-10-8-17(13-16(20)4)24(31)22-23(21-6-5-11-34-21)30(26(33)25(22)32)27-28-18-9-7-15(3)12-19(18)29-27/h5-14,23,31H,1-4H3,(H,28,29)/b24-22+. The number of aliphatic hydroxyl groups excluding tert-OH is 1. The van der Waals surface area contributed by atoms with Gasteiger partial charge in [0.1, 0.15) is 23.3 Å². The van der Waals surface area contributed by atoms with E-state index in [9.17, 15) is 14.7 Å². The number of aromatic nitrogens is 2. The van der Waals surface area contributed by atoms with Crippen molar-refractivity contribution in [1.82, 2.24) is 9.97 Å². The Bertz CT molecular complexity index is 1480. The summed E-state index contributed by atoms with van der Waals surface area (Å²) < 4.78 is 11.4. The largest absolute Gasteiger partial charge is 0.507 e. The predicted octanol–water partition coefficient (Wildman–Crippen LogP) is 5.19. The van der Waals surface area contributed by atoms with E-state index in [1.807, 2.05) is 45.9 Å². The quantitative estimate of drug-likeness (QED) is 0.236. The first-order valence-electron chi connectivity index (χ1n) is 11.3. The van der Waals surface area contributed by atoms with E-state index in [0.29, 0.717) is 22.6 Å². The third-order valence-electron chi connectivity index (χ3n) is 5.92. The number of ether oxygens (including phenoxy) is 1. The number of fused-ring (bicyclic) bond motifs is 1. The molecule has 0 bridgehead atoms. The molecule has 0 spiro atoms. The van der Waals surface area contributed by atoms with E-state index >= 15 is 0 Å². The summed E-state index contributed by atoms with van der Waals surface area (Å²) in [6.45, 7) is 7.66. The number of carbonyl (C=O) groups excluding carboxylic acids is 2. The monoisotopic (exact) mass is 471 g/mol. The van der Waals surface area contributed by atoms with Crippen LogP contribution < -0.4 is 9.64 Å². The van der Waals surface area contributed by atoms with Gasteiger partial charge in [-0.05, 0) is 81.3 Å². The zero-order valence-electron chi connectivity index (χ0n) is 19.8. The number of hydrogen-bond acceptors (Lipinski definition) is 6. The zero-order chi connectivity index (χ0) is 24.9. The third-order valence-corrected chi connectivity index (χ3v) is 5.92. The minimum absolute atomic E-state index is 0.00924. The summed E-state index contributed by atoms with van der Waals surface area (Å²) in [4.78, 5) is 35.4. The fraction of sp³-hybridized carbons (Fsp3) is 0.222. The third kappa shape index (κ3) is 3.86. The first-order valence-corrected chi connectivity index (χ1v) is 11.3. The van der Waals surface area contributed by atoms with Gasteiger partial charge in [-0.3, -0.25) is 14.5 Å². The van der Waals surface area contributed by atoms with E-state index in [2.05, 4.69) is 9.97 Å². The predicted molar refractivity (Wildman–Crippen MR) is 131 cm³/mol. The molecule has 1 unspecified atom stereocenters. The highest BCUT2D eigenvalue weighted by atomic mass is 16.5. The second-order valence-electron chi connectivity index (χ2n) is 8.91. The van der Waals surface area contributed by atoms with Gasteiger partial charge in [0.05, 0.1) is 29.0 Å². The van der Waals surface area contributed by atoms with Crippen LogP contribution in [0.5, 0.6) is 5.75 Å². The molecule has 1 atom stereocenters. The summed E-state index contributed by atoms with van der Waals surface area (Å²) in [5.74, 6) is -0.708. The van der Waals surface area contributed by atoms with E-state index in [4.69, 9.17) is 9.15 Å². The van der Waals surface area contributed by atoms with Crippen LogP contribution in [0.2, 0.25) is 0 Å². The Balaban J connectivity index is 1.65. The molecule has 178 valence electrons. The maximum Gasteiger partial charge on any atom is 0.302 e. The van der Waals surface area contributed by atoms with Crippen molar-refractivity contribution >= 4 is 34.4 Å². The number of benzene rings is 2. The zero-order valence-corrected chi connectivity index (χ0v) is 19.8. The molecule has 5 rings (SSSR count). The van der Waals surface area contributed by atoms with Gasteiger partial charge in [-0.2, -0.15) is 0 Å². The number of nitrogens with zero attached hydrogens (tertiary/aromatic N) is 2. The van der Waals surface area contributed by atoms with Gasteiger partial charge in [0, 0.05) is 5.56 Å². The van der Waals surface area contributed by atoms with Gasteiger partial charge in [-0.1, -0.05) is 6.07 Å². The molecule has 2 aromatic carbocycles. The number of ketones is 1. The summed E-state index contributed by atoms with van der Waals surface area (Å²) in [6.07, 6.45) is 1.45. The normalized spacial score (nSPS) is 17.6. The number of aliphatic hydroxyl groups is 1. The fourth-order valence-corrected chi connectivity index (χ4v) is 4.33. The average Bonchev–Trinajstić information content (AvgIpc) is 3.53. The minimum Gasteiger partial charge on any atom is -0.507 e. The Hall–Kier alpha value is -4.33. The van der Waals surface area contributed by atoms with E-state index < -0.39 is 17.7 Å². The lowest BCUT2D eigenvalue weighted by atomic mass is 9.98. The van der Waals surface area contributed by atoms with Crippen LogP contribution >= 0.6 is 0 Å². The summed E-state index contributed by atoms with van der Waals surface area (Å²) in [5, 5.41) is 11.3. The van der Waals surface area contributed by atoms with Crippen molar-refractivity contribution in [2.45, 2.75) is 39.8 Å². The van der Waals surface area contributed by atoms with Gasteiger partial charge in [0.25, 0.3) is 5.78 Å².